The number of nitrogens with zero attached hydrogens (tertiary/aromatic N) is 2. The fraction of sp³-hybridized carbons (Fsp3) is 0.474. The molecule has 0 spiro atoms. The molecule has 1 heterocycles. The maximum Gasteiger partial charge on any atom is 0.281 e. The van der Waals surface area contributed by atoms with Gasteiger partial charge < -0.3 is 4.57 Å². The van der Waals surface area contributed by atoms with E-state index in [9.17, 15) is 4.79 Å². The molecule has 3 rings (SSSR count). The highest BCUT2D eigenvalue weighted by atomic mass is 35.5. The molecule has 0 unspecified atom stereocenters. The quantitative estimate of drug-likeness (QED) is 0.663. The summed E-state index contributed by atoms with van der Waals surface area (Å²) in [6.45, 7) is 9.61. The smallest absolute Gasteiger partial charge is 0.281 e. The zero-order valence-electron chi connectivity index (χ0n) is 14.9. The first-order valence-corrected chi connectivity index (χ1v) is 9.99. The molecule has 1 aliphatic rings. The maximum absolute atomic E-state index is 12.7. The monoisotopic (exact) mass is 396 g/mol. The molecule has 1 aliphatic carbocycles. The molecule has 0 atom stereocenters. The number of aromatic nitrogens is 1. The van der Waals surface area contributed by atoms with E-state index in [1.165, 1.54) is 23.4 Å². The van der Waals surface area contributed by atoms with E-state index in [4.69, 9.17) is 23.2 Å². The fourth-order valence-electron chi connectivity index (χ4n) is 2.85. The molecular weight excluding hydrogens is 375 g/mol. The van der Waals surface area contributed by atoms with Gasteiger partial charge in [0.25, 0.3) is 5.91 Å². The number of hydrogen-bond donors (Lipinski definition) is 0. The highest BCUT2D eigenvalue weighted by Crippen LogP contribution is 2.33. The normalized spacial score (nSPS) is 15.7. The number of hydrogen-bond acceptors (Lipinski definition) is 2. The van der Waals surface area contributed by atoms with Crippen molar-refractivity contribution in [3.63, 3.8) is 0 Å². The minimum absolute atomic E-state index is 0.0184. The Balaban J connectivity index is 2.09. The van der Waals surface area contributed by atoms with Crippen LogP contribution in [0.3, 0.4) is 0 Å². The summed E-state index contributed by atoms with van der Waals surface area (Å²) in [7, 11) is 0. The summed E-state index contributed by atoms with van der Waals surface area (Å²) >= 11 is 13.8. The number of carbonyl (C=O) groups excluding carboxylic acids is 1. The van der Waals surface area contributed by atoms with Crippen LogP contribution in [0.5, 0.6) is 0 Å². The summed E-state index contributed by atoms with van der Waals surface area (Å²) in [6.07, 6.45) is 2.50. The lowest BCUT2D eigenvalue weighted by molar-refractivity contribution is 0.0998. The second-order valence-corrected chi connectivity index (χ2v) is 9.47. The van der Waals surface area contributed by atoms with Crippen molar-refractivity contribution >= 4 is 40.4 Å². The van der Waals surface area contributed by atoms with Gasteiger partial charge in [-0.25, -0.2) is 0 Å². The summed E-state index contributed by atoms with van der Waals surface area (Å²) in [5.74, 6) is 0.351. The van der Waals surface area contributed by atoms with Crippen molar-refractivity contribution in [1.82, 2.24) is 4.57 Å². The van der Waals surface area contributed by atoms with Crippen LogP contribution in [-0.2, 0) is 12.0 Å². The minimum Gasteiger partial charge on any atom is -0.320 e. The number of amides is 1. The molecule has 3 nitrogen and oxygen atoms in total. The second kappa shape index (κ2) is 6.90. The summed E-state index contributed by atoms with van der Waals surface area (Å²) in [6, 6.07) is 4.87. The Morgan fingerprint density at radius 1 is 1.32 bits per heavy atom. The van der Waals surface area contributed by atoms with Crippen LogP contribution in [0.1, 0.15) is 54.5 Å². The third-order valence-corrected chi connectivity index (χ3v) is 6.50. The van der Waals surface area contributed by atoms with Gasteiger partial charge in [0, 0.05) is 22.1 Å². The van der Waals surface area contributed by atoms with Crippen LogP contribution in [0, 0.1) is 12.8 Å². The van der Waals surface area contributed by atoms with Gasteiger partial charge in [-0.1, -0.05) is 44.0 Å². The molecule has 1 saturated carbocycles. The van der Waals surface area contributed by atoms with E-state index in [1.807, 2.05) is 0 Å². The standard InChI is InChI=1S/C19H22Cl2N2OS/c1-11-16(19(2,3)4)25-18(23(11)10-12-5-6-12)22-17(24)14-9-13(20)7-8-15(14)21/h7-9,12H,5-6,10H2,1-4H3. The summed E-state index contributed by atoms with van der Waals surface area (Å²) < 4.78 is 2.19. The lowest BCUT2D eigenvalue weighted by atomic mass is 9.93. The molecule has 1 amide bonds. The van der Waals surface area contributed by atoms with Crippen molar-refractivity contribution in [2.45, 2.75) is 52.5 Å². The summed E-state index contributed by atoms with van der Waals surface area (Å²) in [5.41, 5.74) is 1.56. The average Bonchev–Trinajstić information content (AvgIpc) is 3.28. The zero-order valence-corrected chi connectivity index (χ0v) is 17.2. The Morgan fingerprint density at radius 2 is 2.00 bits per heavy atom. The highest BCUT2D eigenvalue weighted by Gasteiger charge is 2.27. The largest absolute Gasteiger partial charge is 0.320 e. The highest BCUT2D eigenvalue weighted by molar-refractivity contribution is 7.09. The lowest BCUT2D eigenvalue weighted by Gasteiger charge is -2.17. The van der Waals surface area contributed by atoms with Crippen LogP contribution in [0.4, 0.5) is 0 Å². The van der Waals surface area contributed by atoms with Crippen molar-refractivity contribution < 1.29 is 4.79 Å². The van der Waals surface area contributed by atoms with E-state index in [-0.39, 0.29) is 11.3 Å². The Hall–Kier alpha value is -1.10. The van der Waals surface area contributed by atoms with Crippen molar-refractivity contribution in [1.29, 1.82) is 0 Å². The lowest BCUT2D eigenvalue weighted by Crippen LogP contribution is -2.20. The van der Waals surface area contributed by atoms with Gasteiger partial charge in [0.1, 0.15) is 0 Å². The number of benzene rings is 1. The average molecular weight is 397 g/mol. The van der Waals surface area contributed by atoms with Crippen molar-refractivity contribution in [2.75, 3.05) is 0 Å². The van der Waals surface area contributed by atoms with Gasteiger partial charge in [0.05, 0.1) is 10.6 Å². The van der Waals surface area contributed by atoms with Crippen LogP contribution in [0.2, 0.25) is 10.0 Å². The SMILES string of the molecule is Cc1c(C(C)(C)C)sc(=NC(=O)c2cc(Cl)ccc2Cl)n1CC1CC1. The molecule has 1 aromatic heterocycles. The van der Waals surface area contributed by atoms with Gasteiger partial charge >= 0.3 is 0 Å². The first kappa shape index (κ1) is 18.7. The number of rotatable bonds is 3. The van der Waals surface area contributed by atoms with Crippen molar-refractivity contribution in [3.8, 4) is 0 Å². The van der Waals surface area contributed by atoms with E-state index in [0.717, 1.165) is 11.3 Å². The zero-order chi connectivity index (χ0) is 18.4. The van der Waals surface area contributed by atoms with Gasteiger partial charge in [-0.05, 0) is 49.3 Å². The van der Waals surface area contributed by atoms with E-state index >= 15 is 0 Å². The van der Waals surface area contributed by atoms with Gasteiger partial charge in [-0.3, -0.25) is 4.79 Å². The number of halogens is 2. The molecule has 25 heavy (non-hydrogen) atoms. The molecule has 1 fully saturated rings. The molecule has 134 valence electrons. The molecule has 6 heteroatoms. The first-order chi connectivity index (χ1) is 11.7. The Labute approximate surface area is 162 Å². The van der Waals surface area contributed by atoms with E-state index < -0.39 is 0 Å². The molecule has 1 aromatic carbocycles. The molecule has 0 aliphatic heterocycles. The third kappa shape index (κ3) is 4.18. The molecule has 0 N–H and O–H groups in total. The summed E-state index contributed by atoms with van der Waals surface area (Å²) in [5, 5.41) is 0.850. The second-order valence-electron chi connectivity index (χ2n) is 7.64. The number of carbonyl (C=O) groups is 1. The predicted octanol–water partition coefficient (Wildman–Crippen LogP) is 5.61. The van der Waals surface area contributed by atoms with Crippen LogP contribution < -0.4 is 4.80 Å². The molecular formula is C19H22Cl2N2OS. The molecule has 0 radical (unpaired) electrons. The van der Waals surface area contributed by atoms with Crippen LogP contribution >= 0.6 is 34.5 Å². The van der Waals surface area contributed by atoms with Gasteiger partial charge in [0.2, 0.25) is 0 Å². The van der Waals surface area contributed by atoms with E-state index in [1.54, 1.807) is 29.5 Å². The topological polar surface area (TPSA) is 34.4 Å². The van der Waals surface area contributed by atoms with Crippen molar-refractivity contribution in [2.24, 2.45) is 10.9 Å². The molecule has 0 saturated heterocycles. The van der Waals surface area contributed by atoms with Crippen LogP contribution in [0.15, 0.2) is 23.2 Å². The molecule has 2 aromatic rings. The molecule has 0 bridgehead atoms. The Morgan fingerprint density at radius 3 is 2.60 bits per heavy atom. The Bertz CT molecular complexity index is 886. The van der Waals surface area contributed by atoms with Gasteiger partial charge in [0.15, 0.2) is 4.80 Å². The Kier molecular flexibility index (Phi) is 5.16. The van der Waals surface area contributed by atoms with E-state index in [0.29, 0.717) is 21.5 Å². The fourth-order valence-corrected chi connectivity index (χ4v) is 4.41. The first-order valence-electron chi connectivity index (χ1n) is 8.41. The van der Waals surface area contributed by atoms with Gasteiger partial charge in [-0.2, -0.15) is 4.99 Å². The maximum atomic E-state index is 12.7. The van der Waals surface area contributed by atoms with Crippen LogP contribution in [-0.4, -0.2) is 10.5 Å². The van der Waals surface area contributed by atoms with Crippen LogP contribution in [0.25, 0.3) is 0 Å². The van der Waals surface area contributed by atoms with Crippen molar-refractivity contribution in [3.05, 3.63) is 49.2 Å². The van der Waals surface area contributed by atoms with E-state index in [2.05, 4.69) is 37.3 Å². The van der Waals surface area contributed by atoms with Gasteiger partial charge in [-0.15, -0.1) is 11.3 Å². The predicted molar refractivity (Wildman–Crippen MR) is 105 cm³/mol. The summed E-state index contributed by atoms with van der Waals surface area (Å²) in [4.78, 5) is 19.1. The minimum atomic E-state index is -0.348. The number of thiazole rings is 1. The third-order valence-electron chi connectivity index (χ3n) is 4.33.